The molecule has 0 aliphatic rings. The molecule has 2 atom stereocenters. The number of unbranched alkanes of at least 4 members (excludes halogenated alkanes) is 25. The van der Waals surface area contributed by atoms with Crippen molar-refractivity contribution in [1.29, 1.82) is 0 Å². The second-order valence-corrected chi connectivity index (χ2v) is 16.9. The minimum atomic E-state index is -1.00. The fourth-order valence-electron chi connectivity index (χ4n) is 7.53. The van der Waals surface area contributed by atoms with Crippen LogP contribution < -0.4 is 11.1 Å². The first-order valence-electron chi connectivity index (χ1n) is 24.8. The average Bonchev–Trinajstić information content (AvgIpc) is 3.21. The van der Waals surface area contributed by atoms with Crippen molar-refractivity contribution in [2.45, 2.75) is 264 Å². The maximum atomic E-state index is 12.9. The Kier molecular flexibility index (Phi) is 43.8. The predicted octanol–water partition coefficient (Wildman–Crippen LogP) is 14.6. The average molecular weight is 815 g/mol. The van der Waals surface area contributed by atoms with E-state index in [0.717, 1.165) is 83.5 Å². The van der Waals surface area contributed by atoms with E-state index in [2.05, 4.69) is 55.6 Å². The van der Waals surface area contributed by atoms with Crippen LogP contribution in [0.15, 0.2) is 36.5 Å². The molecule has 0 bridgehead atoms. The molecule has 58 heavy (non-hydrogen) atoms. The maximum Gasteiger partial charge on any atom is 0.326 e. The van der Waals surface area contributed by atoms with Crippen LogP contribution in [0.4, 0.5) is 0 Å². The highest BCUT2D eigenvalue weighted by Crippen LogP contribution is 2.19. The van der Waals surface area contributed by atoms with Gasteiger partial charge in [0.2, 0.25) is 5.91 Å². The molecule has 0 aliphatic heterocycles. The van der Waals surface area contributed by atoms with Crippen LogP contribution in [0.25, 0.3) is 0 Å². The molecule has 7 nitrogen and oxygen atoms in total. The van der Waals surface area contributed by atoms with E-state index in [9.17, 15) is 19.5 Å². The Bertz CT molecular complexity index is 1010. The van der Waals surface area contributed by atoms with Crippen molar-refractivity contribution >= 4 is 17.8 Å². The summed E-state index contributed by atoms with van der Waals surface area (Å²) in [5.41, 5.74) is 5.50. The first kappa shape index (κ1) is 55.6. The molecule has 0 aromatic heterocycles. The third-order valence-corrected chi connectivity index (χ3v) is 11.2. The molecule has 2 unspecified atom stereocenters. The molecule has 0 aromatic carbocycles. The van der Waals surface area contributed by atoms with Gasteiger partial charge in [0.05, 0.1) is 0 Å². The summed E-state index contributed by atoms with van der Waals surface area (Å²) in [7, 11) is 0. The minimum absolute atomic E-state index is 0.00902. The van der Waals surface area contributed by atoms with Gasteiger partial charge in [-0.3, -0.25) is 9.59 Å². The number of nitrogens with two attached hydrogens (primary N) is 1. The van der Waals surface area contributed by atoms with E-state index in [0.29, 0.717) is 32.2 Å². The van der Waals surface area contributed by atoms with Crippen molar-refractivity contribution in [1.82, 2.24) is 5.32 Å². The Morgan fingerprint density at radius 3 is 1.43 bits per heavy atom. The van der Waals surface area contributed by atoms with E-state index in [1.54, 1.807) is 0 Å². The van der Waals surface area contributed by atoms with Crippen LogP contribution in [0.5, 0.6) is 0 Å². The maximum absolute atomic E-state index is 12.9. The lowest BCUT2D eigenvalue weighted by Crippen LogP contribution is -2.40. The van der Waals surface area contributed by atoms with E-state index < -0.39 is 12.0 Å². The molecule has 0 fully saturated rings. The summed E-state index contributed by atoms with van der Waals surface area (Å²) in [6.07, 6.45) is 54.8. The smallest absolute Gasteiger partial charge is 0.326 e. The predicted molar refractivity (Wildman–Crippen MR) is 248 cm³/mol. The number of carbonyl (C=O) groups is 3. The summed E-state index contributed by atoms with van der Waals surface area (Å²) >= 11 is 0. The van der Waals surface area contributed by atoms with Gasteiger partial charge in [-0.2, -0.15) is 0 Å². The number of esters is 1. The highest BCUT2D eigenvalue weighted by atomic mass is 16.5. The van der Waals surface area contributed by atoms with Gasteiger partial charge in [0, 0.05) is 12.8 Å². The Morgan fingerprint density at radius 1 is 0.517 bits per heavy atom. The molecule has 0 spiro atoms. The molecule has 7 heteroatoms. The fraction of sp³-hybridized carbons (Fsp3) is 0.824. The van der Waals surface area contributed by atoms with Crippen molar-refractivity contribution in [3.05, 3.63) is 36.5 Å². The number of carboxylic acids is 1. The van der Waals surface area contributed by atoms with E-state index in [1.165, 1.54) is 128 Å². The van der Waals surface area contributed by atoms with E-state index >= 15 is 0 Å². The second-order valence-electron chi connectivity index (χ2n) is 16.9. The van der Waals surface area contributed by atoms with Gasteiger partial charge in [-0.1, -0.05) is 192 Å². The minimum Gasteiger partial charge on any atom is -0.480 e. The number of nitrogens with one attached hydrogen (secondary N) is 1. The van der Waals surface area contributed by atoms with Gasteiger partial charge in [-0.15, -0.1) is 0 Å². The molecule has 0 saturated carbocycles. The van der Waals surface area contributed by atoms with Gasteiger partial charge in [-0.25, -0.2) is 4.79 Å². The van der Waals surface area contributed by atoms with E-state index in [1.807, 2.05) is 0 Å². The molecule has 0 rings (SSSR count). The summed E-state index contributed by atoms with van der Waals surface area (Å²) < 4.78 is 6.08. The van der Waals surface area contributed by atoms with Gasteiger partial charge in [-0.05, 0) is 90.0 Å². The summed E-state index contributed by atoms with van der Waals surface area (Å²) in [5.74, 6) is -1.23. The van der Waals surface area contributed by atoms with Crippen LogP contribution in [-0.2, 0) is 19.1 Å². The lowest BCUT2D eigenvalue weighted by molar-refractivity contribution is -0.150. The number of ether oxygens (including phenoxy) is 1. The standard InChI is InChI=1S/C51H94N2O5/c1-3-5-7-9-11-13-15-17-19-20-22-24-26-28-30-35-39-45-50(55)58-47(41-36-32-29-27-25-23-21-18-16-14-12-10-8-6-4-2)42-37-33-31-34-38-44-49(54)53-48(51(56)57)43-40-46-52/h5,7,11,13,17,19,47-48H,3-4,6,8-10,12,14-16,18,20-46,52H2,1-2H3,(H,53,54)(H,56,57)/b7-5-,13-11-,19-17-. The molecule has 338 valence electrons. The fourth-order valence-corrected chi connectivity index (χ4v) is 7.53. The normalized spacial score (nSPS) is 12.9. The van der Waals surface area contributed by atoms with E-state index in [4.69, 9.17) is 10.5 Å². The number of hydrogen-bond acceptors (Lipinski definition) is 5. The third kappa shape index (κ3) is 41.7. The lowest BCUT2D eigenvalue weighted by Gasteiger charge is -2.18. The lowest BCUT2D eigenvalue weighted by atomic mass is 10.0. The number of aliphatic carboxylic acids is 1. The molecule has 1 amide bonds. The zero-order valence-corrected chi connectivity index (χ0v) is 38.1. The van der Waals surface area contributed by atoms with E-state index in [-0.39, 0.29) is 18.0 Å². The molecule has 0 aliphatic carbocycles. The monoisotopic (exact) mass is 815 g/mol. The van der Waals surface area contributed by atoms with Gasteiger partial charge < -0.3 is 20.9 Å². The van der Waals surface area contributed by atoms with Crippen LogP contribution in [-0.4, -0.2) is 41.6 Å². The topological polar surface area (TPSA) is 119 Å². The first-order valence-corrected chi connectivity index (χ1v) is 24.8. The molecular formula is C51H94N2O5. The summed E-state index contributed by atoms with van der Waals surface area (Å²) in [5, 5.41) is 12.0. The Morgan fingerprint density at radius 2 is 0.948 bits per heavy atom. The molecule has 0 aromatic rings. The van der Waals surface area contributed by atoms with Crippen LogP contribution in [0.1, 0.15) is 251 Å². The number of amides is 1. The number of hydrogen-bond donors (Lipinski definition) is 3. The molecule has 0 radical (unpaired) electrons. The third-order valence-electron chi connectivity index (χ3n) is 11.2. The van der Waals surface area contributed by atoms with Crippen LogP contribution >= 0.6 is 0 Å². The Balaban J connectivity index is 4.31. The number of allylic oxidation sites excluding steroid dienone is 6. The second kappa shape index (κ2) is 45.7. The highest BCUT2D eigenvalue weighted by molar-refractivity contribution is 5.83. The molecule has 0 saturated heterocycles. The highest BCUT2D eigenvalue weighted by Gasteiger charge is 2.19. The largest absolute Gasteiger partial charge is 0.480 e. The summed E-state index contributed by atoms with van der Waals surface area (Å²) in [6.45, 7) is 4.86. The van der Waals surface area contributed by atoms with Crippen molar-refractivity contribution < 1.29 is 24.2 Å². The van der Waals surface area contributed by atoms with Crippen molar-refractivity contribution in [2.24, 2.45) is 5.73 Å². The van der Waals surface area contributed by atoms with Crippen LogP contribution in [0.3, 0.4) is 0 Å². The summed E-state index contributed by atoms with van der Waals surface area (Å²) in [6, 6.07) is -0.857. The van der Waals surface area contributed by atoms with Crippen molar-refractivity contribution in [3.8, 4) is 0 Å². The van der Waals surface area contributed by atoms with Gasteiger partial charge in [0.15, 0.2) is 0 Å². The molecule has 4 N–H and O–H groups in total. The SMILES string of the molecule is CC/C=C\C/C=C\C/C=C\CCCCCCCCCC(=O)OC(CCCCCCCCCCCCCCCCC)CCCCCCCC(=O)NC(CCCN)C(=O)O. The number of carbonyl (C=O) groups excluding carboxylic acids is 2. The van der Waals surface area contributed by atoms with Crippen LogP contribution in [0.2, 0.25) is 0 Å². The molecule has 0 heterocycles. The van der Waals surface area contributed by atoms with Gasteiger partial charge >= 0.3 is 11.9 Å². The quantitative estimate of drug-likeness (QED) is 0.0320. The molecular weight excluding hydrogens is 721 g/mol. The zero-order valence-electron chi connectivity index (χ0n) is 38.1. The first-order chi connectivity index (χ1) is 28.4. The Hall–Kier alpha value is -2.41. The van der Waals surface area contributed by atoms with Crippen molar-refractivity contribution in [2.75, 3.05) is 6.54 Å². The number of rotatable bonds is 45. The van der Waals surface area contributed by atoms with Gasteiger partial charge in [0.25, 0.3) is 0 Å². The summed E-state index contributed by atoms with van der Waals surface area (Å²) in [4.78, 5) is 36.5. The van der Waals surface area contributed by atoms with Gasteiger partial charge in [0.1, 0.15) is 12.1 Å². The Labute approximate surface area is 358 Å². The van der Waals surface area contributed by atoms with Crippen molar-refractivity contribution in [3.63, 3.8) is 0 Å². The number of carboxylic acid groups (broad SMARTS) is 1. The zero-order chi connectivity index (χ0) is 42.4. The van der Waals surface area contributed by atoms with Crippen LogP contribution in [0, 0.1) is 0 Å².